The van der Waals surface area contributed by atoms with Gasteiger partial charge in [-0.3, -0.25) is 4.79 Å². The lowest BCUT2D eigenvalue weighted by atomic mass is 10.1. The molecule has 0 radical (unpaired) electrons. The second-order valence-electron chi connectivity index (χ2n) is 6.04. The maximum atomic E-state index is 12.9. The third kappa shape index (κ3) is 5.99. The molecule has 0 saturated heterocycles. The van der Waals surface area contributed by atoms with Crippen molar-refractivity contribution < 1.29 is 18.7 Å². The predicted octanol–water partition coefficient (Wildman–Crippen LogP) is 3.43. The number of urea groups is 1. The van der Waals surface area contributed by atoms with Crippen LogP contribution in [0.25, 0.3) is 0 Å². The van der Waals surface area contributed by atoms with Crippen LogP contribution in [-0.4, -0.2) is 43.6 Å². The summed E-state index contributed by atoms with van der Waals surface area (Å²) in [7, 11) is 1.65. The molecule has 0 heterocycles. The van der Waals surface area contributed by atoms with Gasteiger partial charge in [0, 0.05) is 24.8 Å². The van der Waals surface area contributed by atoms with Crippen molar-refractivity contribution in [2.75, 3.05) is 32.1 Å². The number of ether oxygens (including phenoxy) is 1. The fourth-order valence-electron chi connectivity index (χ4n) is 2.30. The van der Waals surface area contributed by atoms with Gasteiger partial charge in [-0.05, 0) is 55.8 Å². The highest BCUT2D eigenvalue weighted by atomic mass is 19.1. The van der Waals surface area contributed by atoms with Crippen molar-refractivity contribution in [3.05, 3.63) is 59.4 Å². The Balaban J connectivity index is 1.90. The van der Waals surface area contributed by atoms with E-state index in [9.17, 15) is 14.0 Å². The van der Waals surface area contributed by atoms with Gasteiger partial charge in [0.15, 0.2) is 0 Å². The van der Waals surface area contributed by atoms with E-state index in [-0.39, 0.29) is 24.4 Å². The first-order chi connectivity index (χ1) is 12.9. The Hall–Kier alpha value is -3.09. The number of benzene rings is 2. The number of halogens is 1. The molecule has 2 N–H and O–H groups in total. The second-order valence-corrected chi connectivity index (χ2v) is 6.04. The van der Waals surface area contributed by atoms with Crippen LogP contribution in [0.3, 0.4) is 0 Å². The lowest BCUT2D eigenvalue weighted by molar-refractivity contribution is 0.0956. The summed E-state index contributed by atoms with van der Waals surface area (Å²) in [6.07, 6.45) is 0. The van der Waals surface area contributed by atoms with Crippen molar-refractivity contribution in [3.8, 4) is 5.75 Å². The molecule has 3 amide bonds. The molecule has 2 aromatic rings. The van der Waals surface area contributed by atoms with Crippen molar-refractivity contribution in [3.63, 3.8) is 0 Å². The van der Waals surface area contributed by atoms with E-state index in [0.717, 1.165) is 5.56 Å². The van der Waals surface area contributed by atoms with Gasteiger partial charge in [-0.1, -0.05) is 6.07 Å². The van der Waals surface area contributed by atoms with Gasteiger partial charge in [-0.15, -0.1) is 0 Å². The number of carbonyl (C=O) groups is 2. The molecular weight excluding hydrogens is 349 g/mol. The molecule has 27 heavy (non-hydrogen) atoms. The van der Waals surface area contributed by atoms with Gasteiger partial charge in [0.1, 0.15) is 18.2 Å². The molecule has 0 aliphatic rings. The fraction of sp³-hybridized carbons (Fsp3) is 0.300. The molecule has 144 valence electrons. The third-order valence-corrected chi connectivity index (χ3v) is 3.93. The number of amides is 3. The topological polar surface area (TPSA) is 70.7 Å². The molecule has 6 nitrogen and oxygen atoms in total. The van der Waals surface area contributed by atoms with Crippen molar-refractivity contribution in [1.82, 2.24) is 10.2 Å². The van der Waals surface area contributed by atoms with Crippen molar-refractivity contribution >= 4 is 17.6 Å². The average molecular weight is 373 g/mol. The molecule has 0 bridgehead atoms. The predicted molar refractivity (Wildman–Crippen MR) is 103 cm³/mol. The van der Waals surface area contributed by atoms with Crippen molar-refractivity contribution in [1.29, 1.82) is 0 Å². The summed E-state index contributed by atoms with van der Waals surface area (Å²) < 4.78 is 18.4. The first kappa shape index (κ1) is 20.2. The standard InChI is InChI=1S/C20H24FN3O3/c1-4-22-19(25)15-6-5-14(2)18(13-15)23-20(26)24(3)11-12-27-17-9-7-16(21)8-10-17/h5-10,13H,4,11-12H2,1-3H3,(H,22,25)(H,23,26). The SMILES string of the molecule is CCNC(=O)c1ccc(C)c(NC(=O)N(C)CCOc2ccc(F)cc2)c1. The molecule has 0 saturated carbocycles. The highest BCUT2D eigenvalue weighted by Crippen LogP contribution is 2.17. The number of nitrogens with one attached hydrogen (secondary N) is 2. The Bertz CT molecular complexity index is 794. The van der Waals surface area contributed by atoms with Crippen LogP contribution in [0.4, 0.5) is 14.9 Å². The minimum Gasteiger partial charge on any atom is -0.492 e. The van der Waals surface area contributed by atoms with E-state index in [1.54, 1.807) is 25.2 Å². The number of nitrogens with zero attached hydrogens (tertiary/aromatic N) is 1. The minimum atomic E-state index is -0.330. The van der Waals surface area contributed by atoms with Crippen molar-refractivity contribution in [2.24, 2.45) is 0 Å². The van der Waals surface area contributed by atoms with Gasteiger partial charge >= 0.3 is 6.03 Å². The van der Waals surface area contributed by atoms with E-state index in [2.05, 4.69) is 10.6 Å². The summed E-state index contributed by atoms with van der Waals surface area (Å²) in [6, 6.07) is 10.5. The zero-order chi connectivity index (χ0) is 19.8. The number of hydrogen-bond acceptors (Lipinski definition) is 3. The summed E-state index contributed by atoms with van der Waals surface area (Å²) in [5, 5.41) is 5.53. The lowest BCUT2D eigenvalue weighted by Crippen LogP contribution is -2.34. The molecule has 2 aromatic carbocycles. The summed E-state index contributed by atoms with van der Waals surface area (Å²) in [5.74, 6) is 0.0220. The zero-order valence-electron chi connectivity index (χ0n) is 15.7. The van der Waals surface area contributed by atoms with E-state index in [1.165, 1.54) is 29.2 Å². The number of hydrogen-bond donors (Lipinski definition) is 2. The Morgan fingerprint density at radius 1 is 1.15 bits per heavy atom. The minimum absolute atomic E-state index is 0.186. The molecule has 0 atom stereocenters. The Morgan fingerprint density at radius 3 is 2.52 bits per heavy atom. The van der Waals surface area contributed by atoms with Gasteiger partial charge < -0.3 is 20.3 Å². The van der Waals surface area contributed by atoms with Gasteiger partial charge in [-0.2, -0.15) is 0 Å². The molecule has 2 rings (SSSR count). The largest absolute Gasteiger partial charge is 0.492 e. The molecule has 7 heteroatoms. The monoisotopic (exact) mass is 373 g/mol. The highest BCUT2D eigenvalue weighted by molar-refractivity contribution is 5.97. The highest BCUT2D eigenvalue weighted by Gasteiger charge is 2.12. The summed E-state index contributed by atoms with van der Waals surface area (Å²) >= 11 is 0. The van der Waals surface area contributed by atoms with E-state index in [0.29, 0.717) is 30.1 Å². The van der Waals surface area contributed by atoms with E-state index in [1.807, 2.05) is 13.8 Å². The van der Waals surface area contributed by atoms with E-state index >= 15 is 0 Å². The Morgan fingerprint density at radius 2 is 1.85 bits per heavy atom. The van der Waals surface area contributed by atoms with Crippen LogP contribution in [-0.2, 0) is 0 Å². The van der Waals surface area contributed by atoms with Crippen LogP contribution in [0.1, 0.15) is 22.8 Å². The second kappa shape index (κ2) is 9.56. The molecular formula is C20H24FN3O3. The summed E-state index contributed by atoms with van der Waals surface area (Å²) in [4.78, 5) is 25.8. The summed E-state index contributed by atoms with van der Waals surface area (Å²) in [5.41, 5.74) is 1.92. The van der Waals surface area contributed by atoms with Crippen LogP contribution < -0.4 is 15.4 Å². The van der Waals surface area contributed by atoms with Crippen LogP contribution in [0.2, 0.25) is 0 Å². The molecule has 0 fully saturated rings. The van der Waals surface area contributed by atoms with Crippen LogP contribution in [0.5, 0.6) is 5.75 Å². The summed E-state index contributed by atoms with van der Waals surface area (Å²) in [6.45, 7) is 4.85. The lowest BCUT2D eigenvalue weighted by Gasteiger charge is -2.19. The van der Waals surface area contributed by atoms with Crippen LogP contribution >= 0.6 is 0 Å². The zero-order valence-corrected chi connectivity index (χ0v) is 15.7. The molecule has 0 aromatic heterocycles. The van der Waals surface area contributed by atoms with Gasteiger partial charge in [0.25, 0.3) is 5.91 Å². The van der Waals surface area contributed by atoms with E-state index < -0.39 is 0 Å². The average Bonchev–Trinajstić information content (AvgIpc) is 2.65. The number of aryl methyl sites for hydroxylation is 1. The first-order valence-corrected chi connectivity index (χ1v) is 8.70. The number of rotatable bonds is 7. The molecule has 0 unspecified atom stereocenters. The normalized spacial score (nSPS) is 10.2. The fourth-order valence-corrected chi connectivity index (χ4v) is 2.30. The van der Waals surface area contributed by atoms with E-state index in [4.69, 9.17) is 4.74 Å². The van der Waals surface area contributed by atoms with Gasteiger partial charge in [-0.25, -0.2) is 9.18 Å². The maximum absolute atomic E-state index is 12.9. The number of anilines is 1. The van der Waals surface area contributed by atoms with Crippen LogP contribution in [0.15, 0.2) is 42.5 Å². The Kier molecular flexibility index (Phi) is 7.16. The molecule has 0 aliphatic carbocycles. The first-order valence-electron chi connectivity index (χ1n) is 8.70. The number of carbonyl (C=O) groups excluding carboxylic acids is 2. The van der Waals surface area contributed by atoms with Gasteiger partial charge in [0.2, 0.25) is 0 Å². The smallest absolute Gasteiger partial charge is 0.321 e. The maximum Gasteiger partial charge on any atom is 0.321 e. The quantitative estimate of drug-likeness (QED) is 0.781. The van der Waals surface area contributed by atoms with Crippen LogP contribution in [0, 0.1) is 12.7 Å². The Labute approximate surface area is 158 Å². The van der Waals surface area contributed by atoms with Crippen molar-refractivity contribution in [2.45, 2.75) is 13.8 Å². The third-order valence-electron chi connectivity index (χ3n) is 3.93. The van der Waals surface area contributed by atoms with Gasteiger partial charge in [0.05, 0.1) is 6.54 Å². The molecule has 0 aliphatic heterocycles. The number of likely N-dealkylation sites (N-methyl/N-ethyl adjacent to an activating group) is 1. The molecule has 0 spiro atoms.